The second-order valence-corrected chi connectivity index (χ2v) is 3.97. The maximum atomic E-state index is 9.21. The number of nitrogen functional groups attached to an aromatic ring is 1. The van der Waals surface area contributed by atoms with Gasteiger partial charge in [-0.3, -0.25) is 0 Å². The number of nitrogens with one attached hydrogen (secondary N) is 1. The minimum atomic E-state index is -0.0677. The maximum Gasteiger partial charge on any atom is 0.215 e. The van der Waals surface area contributed by atoms with Crippen LogP contribution in [0.5, 0.6) is 5.88 Å². The van der Waals surface area contributed by atoms with Gasteiger partial charge in [0.1, 0.15) is 0 Å². The van der Waals surface area contributed by atoms with E-state index >= 15 is 0 Å². The summed E-state index contributed by atoms with van der Waals surface area (Å²) in [5.74, 6) is 1.33. The average Bonchev–Trinajstić information content (AvgIpc) is 2.27. The molecule has 1 heterocycles. The first-order valence-electron chi connectivity index (χ1n) is 5.26. The number of nitrogens with two attached hydrogens (primary N) is 1. The smallest absolute Gasteiger partial charge is 0.215 e. The summed E-state index contributed by atoms with van der Waals surface area (Å²) in [6, 6.07) is 3.36. The van der Waals surface area contributed by atoms with E-state index in [4.69, 9.17) is 10.5 Å². The molecular formula is C11H19N3O2. The van der Waals surface area contributed by atoms with Crippen LogP contribution in [0.15, 0.2) is 12.1 Å². The Kier molecular flexibility index (Phi) is 4.37. The monoisotopic (exact) mass is 225 g/mol. The molecule has 0 bridgehead atoms. The van der Waals surface area contributed by atoms with E-state index in [0.717, 1.165) is 0 Å². The zero-order valence-corrected chi connectivity index (χ0v) is 9.90. The average molecular weight is 225 g/mol. The van der Waals surface area contributed by atoms with Gasteiger partial charge in [-0.05, 0) is 12.0 Å². The molecule has 1 aromatic heterocycles. The van der Waals surface area contributed by atoms with Crippen LogP contribution in [-0.2, 0) is 0 Å². The van der Waals surface area contributed by atoms with Crippen LogP contribution in [0.2, 0.25) is 0 Å². The van der Waals surface area contributed by atoms with Gasteiger partial charge in [0.25, 0.3) is 0 Å². The van der Waals surface area contributed by atoms with E-state index in [1.165, 1.54) is 0 Å². The molecule has 0 saturated heterocycles. The Labute approximate surface area is 95.6 Å². The van der Waals surface area contributed by atoms with Gasteiger partial charge in [0.05, 0.1) is 25.4 Å². The van der Waals surface area contributed by atoms with Gasteiger partial charge < -0.3 is 20.9 Å². The molecular weight excluding hydrogens is 206 g/mol. The number of ether oxygens (including phenoxy) is 1. The van der Waals surface area contributed by atoms with E-state index in [2.05, 4.69) is 10.3 Å². The molecule has 1 atom stereocenters. The summed E-state index contributed by atoms with van der Waals surface area (Å²) in [7, 11) is 1.55. The third kappa shape index (κ3) is 3.00. The molecule has 4 N–H and O–H groups in total. The lowest BCUT2D eigenvalue weighted by atomic mass is 10.1. The number of nitrogens with zero attached hydrogens (tertiary/aromatic N) is 1. The molecule has 5 nitrogen and oxygen atoms in total. The molecule has 0 spiro atoms. The first kappa shape index (κ1) is 12.6. The third-order valence-electron chi connectivity index (χ3n) is 2.43. The van der Waals surface area contributed by atoms with E-state index in [1.807, 2.05) is 13.8 Å². The summed E-state index contributed by atoms with van der Waals surface area (Å²) >= 11 is 0. The molecule has 1 rings (SSSR count). The molecule has 0 aliphatic heterocycles. The lowest BCUT2D eigenvalue weighted by Gasteiger charge is -2.21. The van der Waals surface area contributed by atoms with Gasteiger partial charge in [-0.25, -0.2) is 0 Å². The molecule has 0 aliphatic rings. The number of rotatable bonds is 5. The molecule has 1 aromatic rings. The van der Waals surface area contributed by atoms with Crippen LogP contribution in [0.25, 0.3) is 0 Å². The number of aliphatic hydroxyl groups is 1. The Morgan fingerprint density at radius 1 is 1.50 bits per heavy atom. The van der Waals surface area contributed by atoms with Crippen LogP contribution >= 0.6 is 0 Å². The quantitative estimate of drug-likeness (QED) is 0.699. The molecule has 0 unspecified atom stereocenters. The largest absolute Gasteiger partial charge is 0.481 e. The number of aromatic nitrogens is 1. The Bertz CT molecular complexity index is 342. The van der Waals surface area contributed by atoms with Crippen LogP contribution in [0, 0.1) is 5.92 Å². The fourth-order valence-corrected chi connectivity index (χ4v) is 1.28. The molecule has 0 aromatic carbocycles. The van der Waals surface area contributed by atoms with Crippen molar-refractivity contribution in [3.8, 4) is 5.88 Å². The van der Waals surface area contributed by atoms with Crippen molar-refractivity contribution in [3.05, 3.63) is 12.1 Å². The minimum absolute atomic E-state index is 0.0377. The number of hydrogen-bond donors (Lipinski definition) is 3. The van der Waals surface area contributed by atoms with E-state index in [1.54, 1.807) is 19.2 Å². The van der Waals surface area contributed by atoms with Gasteiger partial charge in [-0.1, -0.05) is 13.8 Å². The van der Waals surface area contributed by atoms with Crippen molar-refractivity contribution >= 4 is 11.5 Å². The fourth-order valence-electron chi connectivity index (χ4n) is 1.28. The van der Waals surface area contributed by atoms with Crippen LogP contribution in [0.3, 0.4) is 0 Å². The van der Waals surface area contributed by atoms with Gasteiger partial charge in [-0.2, -0.15) is 4.98 Å². The molecule has 0 amide bonds. The number of methoxy groups -OCH3 is 1. The topological polar surface area (TPSA) is 80.4 Å². The Hall–Kier alpha value is -1.49. The Morgan fingerprint density at radius 3 is 2.69 bits per heavy atom. The summed E-state index contributed by atoms with van der Waals surface area (Å²) in [6.07, 6.45) is 0. The van der Waals surface area contributed by atoms with Crippen LogP contribution < -0.4 is 15.8 Å². The maximum absolute atomic E-state index is 9.21. The highest BCUT2D eigenvalue weighted by Crippen LogP contribution is 2.21. The molecule has 16 heavy (non-hydrogen) atoms. The highest BCUT2D eigenvalue weighted by atomic mass is 16.5. The highest BCUT2D eigenvalue weighted by Gasteiger charge is 2.14. The molecule has 0 radical (unpaired) electrons. The van der Waals surface area contributed by atoms with E-state index in [-0.39, 0.29) is 18.6 Å². The van der Waals surface area contributed by atoms with Crippen molar-refractivity contribution in [3.63, 3.8) is 0 Å². The zero-order valence-electron chi connectivity index (χ0n) is 9.90. The second-order valence-electron chi connectivity index (χ2n) is 3.97. The second kappa shape index (κ2) is 5.55. The highest BCUT2D eigenvalue weighted by molar-refractivity contribution is 5.62. The first-order chi connectivity index (χ1) is 7.58. The number of hydrogen-bond acceptors (Lipinski definition) is 5. The van der Waals surface area contributed by atoms with Gasteiger partial charge in [0, 0.05) is 6.07 Å². The predicted molar refractivity (Wildman–Crippen MR) is 64.5 cm³/mol. The Morgan fingerprint density at radius 2 is 2.19 bits per heavy atom. The van der Waals surface area contributed by atoms with Crippen molar-refractivity contribution < 1.29 is 9.84 Å². The fraction of sp³-hybridized carbons (Fsp3) is 0.545. The molecule has 0 aliphatic carbocycles. The van der Waals surface area contributed by atoms with Gasteiger partial charge in [-0.15, -0.1) is 0 Å². The lowest BCUT2D eigenvalue weighted by molar-refractivity contribution is 0.249. The van der Waals surface area contributed by atoms with Crippen molar-refractivity contribution in [2.24, 2.45) is 5.92 Å². The molecule has 0 fully saturated rings. The van der Waals surface area contributed by atoms with E-state index in [9.17, 15) is 5.11 Å². The SMILES string of the molecule is COc1ccc(N)c(N[C@H](CO)C(C)C)n1. The van der Waals surface area contributed by atoms with Gasteiger partial charge in [0.2, 0.25) is 5.88 Å². The Balaban J connectivity index is 2.86. The standard InChI is InChI=1S/C11H19N3O2/c1-7(2)9(6-15)13-11-8(12)4-5-10(14-11)16-3/h4-5,7,9,15H,6,12H2,1-3H3,(H,13,14)/t9-/m1/s1. The summed E-state index contributed by atoms with van der Waals surface area (Å²) < 4.78 is 5.02. The van der Waals surface area contributed by atoms with Crippen molar-refractivity contribution in [2.45, 2.75) is 19.9 Å². The van der Waals surface area contributed by atoms with E-state index in [0.29, 0.717) is 17.4 Å². The van der Waals surface area contributed by atoms with Crippen molar-refractivity contribution in [2.75, 3.05) is 24.8 Å². The first-order valence-corrected chi connectivity index (χ1v) is 5.26. The molecule has 90 valence electrons. The van der Waals surface area contributed by atoms with Gasteiger partial charge in [0.15, 0.2) is 5.82 Å². The molecule has 0 saturated carbocycles. The van der Waals surface area contributed by atoms with Crippen LogP contribution in [-0.4, -0.2) is 29.8 Å². The predicted octanol–water partition coefficient (Wildman–Crippen LogP) is 1.10. The normalized spacial score (nSPS) is 12.6. The van der Waals surface area contributed by atoms with Crippen molar-refractivity contribution in [1.29, 1.82) is 0 Å². The molecule has 5 heteroatoms. The number of aliphatic hydroxyl groups excluding tert-OH is 1. The zero-order chi connectivity index (χ0) is 12.1. The van der Waals surface area contributed by atoms with Crippen LogP contribution in [0.1, 0.15) is 13.8 Å². The summed E-state index contributed by atoms with van der Waals surface area (Å²) in [5, 5.41) is 12.3. The lowest BCUT2D eigenvalue weighted by Crippen LogP contribution is -2.30. The number of pyridine rings is 1. The van der Waals surface area contributed by atoms with Crippen molar-refractivity contribution in [1.82, 2.24) is 4.98 Å². The third-order valence-corrected chi connectivity index (χ3v) is 2.43. The summed E-state index contributed by atoms with van der Waals surface area (Å²) in [5.41, 5.74) is 6.33. The number of anilines is 2. The summed E-state index contributed by atoms with van der Waals surface area (Å²) in [6.45, 7) is 4.07. The summed E-state index contributed by atoms with van der Waals surface area (Å²) in [4.78, 5) is 4.19. The minimum Gasteiger partial charge on any atom is -0.481 e. The van der Waals surface area contributed by atoms with Crippen LogP contribution in [0.4, 0.5) is 11.5 Å². The van der Waals surface area contributed by atoms with E-state index < -0.39 is 0 Å². The van der Waals surface area contributed by atoms with Gasteiger partial charge >= 0.3 is 0 Å².